The van der Waals surface area contributed by atoms with E-state index in [0.29, 0.717) is 30.8 Å². The van der Waals surface area contributed by atoms with Crippen LogP contribution in [0.25, 0.3) is 0 Å². The lowest BCUT2D eigenvalue weighted by Crippen LogP contribution is -2.47. The normalized spacial score (nSPS) is 14.6. The minimum atomic E-state index is -1.65. The second-order valence-electron chi connectivity index (χ2n) is 6.72. The molecule has 0 atom stereocenters. The highest BCUT2D eigenvalue weighted by atomic mass is 19.2. The summed E-state index contributed by atoms with van der Waals surface area (Å²) in [6.07, 6.45) is 0. The number of nitrogens with one attached hydrogen (secondary N) is 1. The predicted molar refractivity (Wildman–Crippen MR) is 101 cm³/mol. The maximum atomic E-state index is 13.4. The number of methoxy groups -OCH3 is 1. The number of halogens is 3. The van der Waals surface area contributed by atoms with Crippen LogP contribution >= 0.6 is 0 Å². The SMILES string of the molecule is COc1ccc(C(=O)N2CCN(C)CC2)cc1NC(=O)c1cc(F)c(F)c(F)c1. The van der Waals surface area contributed by atoms with Gasteiger partial charge in [-0.25, -0.2) is 13.2 Å². The number of likely N-dealkylation sites (N-methyl/N-ethyl adjacent to an activating group) is 1. The number of rotatable bonds is 4. The molecule has 0 aliphatic carbocycles. The lowest BCUT2D eigenvalue weighted by Gasteiger charge is -2.32. The minimum Gasteiger partial charge on any atom is -0.495 e. The number of hydrogen-bond donors (Lipinski definition) is 1. The Balaban J connectivity index is 1.84. The maximum absolute atomic E-state index is 13.4. The Morgan fingerprint density at radius 2 is 1.59 bits per heavy atom. The third-order valence-corrected chi connectivity index (χ3v) is 4.73. The van der Waals surface area contributed by atoms with E-state index in [2.05, 4.69) is 10.2 Å². The standard InChI is InChI=1S/C20H20F3N3O3/c1-25-5-7-26(8-6-25)20(28)12-3-4-17(29-2)16(11-12)24-19(27)13-9-14(21)18(23)15(22)10-13/h3-4,9-11H,5-8H2,1-2H3,(H,24,27). The molecule has 1 saturated heterocycles. The number of anilines is 1. The fourth-order valence-electron chi connectivity index (χ4n) is 3.01. The van der Waals surface area contributed by atoms with Crippen LogP contribution < -0.4 is 10.1 Å². The monoisotopic (exact) mass is 407 g/mol. The minimum absolute atomic E-state index is 0.155. The van der Waals surface area contributed by atoms with Gasteiger partial charge in [0.25, 0.3) is 11.8 Å². The summed E-state index contributed by atoms with van der Waals surface area (Å²) in [5.74, 6) is -5.40. The molecule has 1 N–H and O–H groups in total. The lowest BCUT2D eigenvalue weighted by atomic mass is 10.1. The van der Waals surface area contributed by atoms with Gasteiger partial charge in [0.05, 0.1) is 12.8 Å². The largest absolute Gasteiger partial charge is 0.495 e. The number of piperazine rings is 1. The topological polar surface area (TPSA) is 61.9 Å². The molecule has 0 radical (unpaired) electrons. The molecular formula is C20H20F3N3O3. The molecule has 6 nitrogen and oxygen atoms in total. The second-order valence-corrected chi connectivity index (χ2v) is 6.72. The van der Waals surface area contributed by atoms with Crippen molar-refractivity contribution >= 4 is 17.5 Å². The van der Waals surface area contributed by atoms with E-state index in [1.165, 1.54) is 19.2 Å². The first-order chi connectivity index (χ1) is 13.8. The van der Waals surface area contributed by atoms with Crippen molar-refractivity contribution in [3.05, 3.63) is 58.9 Å². The molecule has 9 heteroatoms. The summed E-state index contributed by atoms with van der Waals surface area (Å²) in [7, 11) is 3.36. The van der Waals surface area contributed by atoms with Gasteiger partial charge in [-0.05, 0) is 37.4 Å². The summed E-state index contributed by atoms with van der Waals surface area (Å²) in [5.41, 5.74) is 0.0870. The van der Waals surface area contributed by atoms with E-state index >= 15 is 0 Å². The number of hydrogen-bond acceptors (Lipinski definition) is 4. The summed E-state index contributed by atoms with van der Waals surface area (Å²) in [6.45, 7) is 2.68. The highest BCUT2D eigenvalue weighted by Gasteiger charge is 2.22. The van der Waals surface area contributed by atoms with Crippen molar-refractivity contribution in [1.29, 1.82) is 0 Å². The van der Waals surface area contributed by atoms with Gasteiger partial charge in [-0.2, -0.15) is 0 Å². The smallest absolute Gasteiger partial charge is 0.255 e. The van der Waals surface area contributed by atoms with Gasteiger partial charge in [0.15, 0.2) is 17.5 Å². The van der Waals surface area contributed by atoms with Crippen LogP contribution in [0, 0.1) is 17.5 Å². The molecule has 0 bridgehead atoms. The number of nitrogens with zero attached hydrogens (tertiary/aromatic N) is 2. The quantitative estimate of drug-likeness (QED) is 0.792. The van der Waals surface area contributed by atoms with Gasteiger partial charge < -0.3 is 19.9 Å². The van der Waals surface area contributed by atoms with Gasteiger partial charge in [0, 0.05) is 37.3 Å². The molecule has 0 unspecified atom stereocenters. The average Bonchev–Trinajstić information content (AvgIpc) is 2.71. The first-order valence-corrected chi connectivity index (χ1v) is 8.92. The van der Waals surface area contributed by atoms with Gasteiger partial charge in [-0.3, -0.25) is 9.59 Å². The summed E-state index contributed by atoms with van der Waals surface area (Å²) in [5, 5.41) is 2.46. The highest BCUT2D eigenvalue weighted by molar-refractivity contribution is 6.06. The van der Waals surface area contributed by atoms with Crippen LogP contribution in [0.1, 0.15) is 20.7 Å². The van der Waals surface area contributed by atoms with Crippen molar-refractivity contribution in [2.75, 3.05) is 45.7 Å². The summed E-state index contributed by atoms with van der Waals surface area (Å²) in [4.78, 5) is 29.0. The summed E-state index contributed by atoms with van der Waals surface area (Å²) >= 11 is 0. The molecule has 1 heterocycles. The van der Waals surface area contributed by atoms with E-state index in [-0.39, 0.29) is 17.3 Å². The number of benzene rings is 2. The van der Waals surface area contributed by atoms with Gasteiger partial charge in [-0.1, -0.05) is 0 Å². The Morgan fingerprint density at radius 3 is 2.17 bits per heavy atom. The molecular weight excluding hydrogens is 387 g/mol. The molecule has 0 saturated carbocycles. The van der Waals surface area contributed by atoms with Crippen LogP contribution in [0.4, 0.5) is 18.9 Å². The third kappa shape index (κ3) is 4.51. The van der Waals surface area contributed by atoms with Crippen molar-refractivity contribution in [1.82, 2.24) is 9.80 Å². The van der Waals surface area contributed by atoms with E-state index in [4.69, 9.17) is 4.74 Å². The fourth-order valence-corrected chi connectivity index (χ4v) is 3.01. The molecule has 1 aliphatic rings. The highest BCUT2D eigenvalue weighted by Crippen LogP contribution is 2.27. The Kier molecular flexibility index (Phi) is 6.07. The maximum Gasteiger partial charge on any atom is 0.255 e. The van der Waals surface area contributed by atoms with Crippen LogP contribution in [0.3, 0.4) is 0 Å². The molecule has 2 aromatic rings. The lowest BCUT2D eigenvalue weighted by molar-refractivity contribution is 0.0664. The van der Waals surface area contributed by atoms with Crippen molar-refractivity contribution in [2.24, 2.45) is 0 Å². The molecule has 1 fully saturated rings. The van der Waals surface area contributed by atoms with Gasteiger partial charge in [-0.15, -0.1) is 0 Å². The molecule has 29 heavy (non-hydrogen) atoms. The first-order valence-electron chi connectivity index (χ1n) is 8.92. The van der Waals surface area contributed by atoms with Crippen LogP contribution in [0.2, 0.25) is 0 Å². The molecule has 3 rings (SSSR count). The van der Waals surface area contributed by atoms with Crippen LogP contribution in [-0.2, 0) is 0 Å². The number of carbonyl (C=O) groups is 2. The molecule has 2 aromatic carbocycles. The second kappa shape index (κ2) is 8.52. The Morgan fingerprint density at radius 1 is 0.966 bits per heavy atom. The van der Waals surface area contributed by atoms with Gasteiger partial charge >= 0.3 is 0 Å². The zero-order chi connectivity index (χ0) is 21.1. The Bertz CT molecular complexity index is 921. The Hall–Kier alpha value is -3.07. The zero-order valence-corrected chi connectivity index (χ0v) is 16.0. The predicted octanol–water partition coefficient (Wildman–Crippen LogP) is 2.75. The third-order valence-electron chi connectivity index (χ3n) is 4.73. The molecule has 2 amide bonds. The van der Waals surface area contributed by atoms with Crippen LogP contribution in [-0.4, -0.2) is 62.0 Å². The summed E-state index contributed by atoms with van der Waals surface area (Å²) < 4.78 is 45.1. The van der Waals surface area contributed by atoms with Crippen molar-refractivity contribution in [3.63, 3.8) is 0 Å². The Labute approximate surface area is 165 Å². The number of amides is 2. The van der Waals surface area contributed by atoms with E-state index in [0.717, 1.165) is 13.1 Å². The molecule has 0 aromatic heterocycles. The number of ether oxygens (including phenoxy) is 1. The number of carbonyl (C=O) groups excluding carboxylic acids is 2. The molecule has 154 valence electrons. The first kappa shape index (κ1) is 20.7. The van der Waals surface area contributed by atoms with Gasteiger partial charge in [0.1, 0.15) is 5.75 Å². The van der Waals surface area contributed by atoms with E-state index < -0.39 is 28.9 Å². The van der Waals surface area contributed by atoms with E-state index in [1.807, 2.05) is 7.05 Å². The average molecular weight is 407 g/mol. The van der Waals surface area contributed by atoms with Crippen molar-refractivity contribution in [3.8, 4) is 5.75 Å². The van der Waals surface area contributed by atoms with E-state index in [1.54, 1.807) is 11.0 Å². The van der Waals surface area contributed by atoms with Crippen molar-refractivity contribution in [2.45, 2.75) is 0 Å². The summed E-state index contributed by atoms with van der Waals surface area (Å²) in [6, 6.07) is 5.73. The zero-order valence-electron chi connectivity index (χ0n) is 16.0. The van der Waals surface area contributed by atoms with Crippen LogP contribution in [0.15, 0.2) is 30.3 Å². The fraction of sp³-hybridized carbons (Fsp3) is 0.300. The molecule has 1 aliphatic heterocycles. The van der Waals surface area contributed by atoms with Crippen LogP contribution in [0.5, 0.6) is 5.75 Å². The van der Waals surface area contributed by atoms with Gasteiger partial charge in [0.2, 0.25) is 0 Å². The molecule has 0 spiro atoms. The van der Waals surface area contributed by atoms with Crippen molar-refractivity contribution < 1.29 is 27.5 Å². The van der Waals surface area contributed by atoms with E-state index in [9.17, 15) is 22.8 Å².